The minimum Gasteiger partial charge on any atom is -0.468 e. The van der Waals surface area contributed by atoms with E-state index in [1.54, 1.807) is 6.26 Å². The van der Waals surface area contributed by atoms with Crippen LogP contribution in [0.5, 0.6) is 0 Å². The lowest BCUT2D eigenvalue weighted by atomic mass is 9.91. The minimum atomic E-state index is 0.565. The molecule has 0 bridgehead atoms. The van der Waals surface area contributed by atoms with Crippen molar-refractivity contribution in [2.45, 2.75) is 45.7 Å². The molecule has 1 aliphatic rings. The van der Waals surface area contributed by atoms with E-state index in [4.69, 9.17) is 4.42 Å². The second kappa shape index (κ2) is 6.95. The summed E-state index contributed by atoms with van der Waals surface area (Å²) in [6.45, 7) is 9.21. The third-order valence-electron chi connectivity index (χ3n) is 3.97. The van der Waals surface area contributed by atoms with E-state index < -0.39 is 0 Å². The van der Waals surface area contributed by atoms with Gasteiger partial charge in [0.1, 0.15) is 5.76 Å². The van der Waals surface area contributed by atoms with Gasteiger partial charge in [0.2, 0.25) is 0 Å². The number of nitrogens with zero attached hydrogens (tertiary/aromatic N) is 1. The van der Waals surface area contributed by atoms with Gasteiger partial charge in [0, 0.05) is 12.6 Å². The number of nitrogens with one attached hydrogen (secondary N) is 1. The predicted octanol–water partition coefficient (Wildman–Crippen LogP) is 2.88. The molecule has 3 heteroatoms. The zero-order valence-corrected chi connectivity index (χ0v) is 11.7. The fraction of sp³-hybridized carbons (Fsp3) is 0.733. The van der Waals surface area contributed by atoms with Crippen LogP contribution in [0.1, 0.15) is 38.9 Å². The Balaban J connectivity index is 1.75. The van der Waals surface area contributed by atoms with Gasteiger partial charge in [0.25, 0.3) is 0 Å². The first-order chi connectivity index (χ1) is 8.79. The van der Waals surface area contributed by atoms with E-state index in [2.05, 4.69) is 24.1 Å². The molecule has 1 aliphatic heterocycles. The number of furan rings is 1. The summed E-state index contributed by atoms with van der Waals surface area (Å²) >= 11 is 0. The van der Waals surface area contributed by atoms with Crippen molar-refractivity contribution >= 4 is 0 Å². The van der Waals surface area contributed by atoms with Crippen LogP contribution in [-0.2, 0) is 6.54 Å². The van der Waals surface area contributed by atoms with Crippen LogP contribution in [0.25, 0.3) is 0 Å². The van der Waals surface area contributed by atoms with E-state index in [0.29, 0.717) is 6.04 Å². The van der Waals surface area contributed by atoms with Crippen molar-refractivity contribution < 1.29 is 4.42 Å². The van der Waals surface area contributed by atoms with Crippen molar-refractivity contribution in [3.8, 4) is 0 Å². The molecule has 2 atom stereocenters. The number of piperidine rings is 1. The van der Waals surface area contributed by atoms with Crippen molar-refractivity contribution in [2.24, 2.45) is 5.92 Å². The Morgan fingerprint density at radius 1 is 1.56 bits per heavy atom. The summed E-state index contributed by atoms with van der Waals surface area (Å²) in [7, 11) is 0. The van der Waals surface area contributed by atoms with Crippen LogP contribution in [-0.4, -0.2) is 30.6 Å². The maximum atomic E-state index is 5.36. The van der Waals surface area contributed by atoms with Gasteiger partial charge in [0.05, 0.1) is 12.8 Å². The van der Waals surface area contributed by atoms with Gasteiger partial charge in [0.15, 0.2) is 0 Å². The molecule has 0 aliphatic carbocycles. The largest absolute Gasteiger partial charge is 0.468 e. The van der Waals surface area contributed by atoms with Crippen LogP contribution in [0.3, 0.4) is 0 Å². The molecule has 3 nitrogen and oxygen atoms in total. The van der Waals surface area contributed by atoms with E-state index >= 15 is 0 Å². The summed E-state index contributed by atoms with van der Waals surface area (Å²) in [5.74, 6) is 1.81. The summed E-state index contributed by atoms with van der Waals surface area (Å²) < 4.78 is 5.36. The summed E-state index contributed by atoms with van der Waals surface area (Å²) in [5.41, 5.74) is 0. The van der Waals surface area contributed by atoms with Gasteiger partial charge in [-0.3, -0.25) is 0 Å². The molecule has 1 saturated heterocycles. The standard InChI is InChI=1S/C15H26N2O/c1-3-8-17-9-4-6-14(12-17)13(2)16-11-15-7-5-10-18-15/h5,7,10,13-14,16H,3-4,6,8-9,11-12H2,1-2H3. The van der Waals surface area contributed by atoms with Gasteiger partial charge < -0.3 is 14.6 Å². The lowest BCUT2D eigenvalue weighted by molar-refractivity contribution is 0.150. The van der Waals surface area contributed by atoms with Gasteiger partial charge in [-0.25, -0.2) is 0 Å². The third kappa shape index (κ3) is 3.85. The quantitative estimate of drug-likeness (QED) is 0.841. The Morgan fingerprint density at radius 2 is 2.44 bits per heavy atom. The SMILES string of the molecule is CCCN1CCCC(C(C)NCc2ccco2)C1. The fourth-order valence-corrected chi connectivity index (χ4v) is 2.86. The maximum absolute atomic E-state index is 5.36. The Hall–Kier alpha value is -0.800. The Kier molecular flexibility index (Phi) is 5.26. The third-order valence-corrected chi connectivity index (χ3v) is 3.97. The zero-order valence-electron chi connectivity index (χ0n) is 11.7. The van der Waals surface area contributed by atoms with Crippen LogP contribution < -0.4 is 5.32 Å². The highest BCUT2D eigenvalue weighted by Crippen LogP contribution is 2.20. The van der Waals surface area contributed by atoms with E-state index in [9.17, 15) is 0 Å². The molecule has 1 N–H and O–H groups in total. The number of hydrogen-bond donors (Lipinski definition) is 1. The molecule has 2 heterocycles. The molecule has 0 amide bonds. The topological polar surface area (TPSA) is 28.4 Å². The Bertz CT molecular complexity index is 321. The van der Waals surface area contributed by atoms with E-state index in [-0.39, 0.29) is 0 Å². The molecule has 0 radical (unpaired) electrons. The Morgan fingerprint density at radius 3 is 3.17 bits per heavy atom. The van der Waals surface area contributed by atoms with Gasteiger partial charge in [-0.1, -0.05) is 6.92 Å². The molecule has 1 fully saturated rings. The fourth-order valence-electron chi connectivity index (χ4n) is 2.86. The highest BCUT2D eigenvalue weighted by atomic mass is 16.3. The first-order valence-corrected chi connectivity index (χ1v) is 7.27. The van der Waals surface area contributed by atoms with Crippen LogP contribution >= 0.6 is 0 Å². The number of likely N-dealkylation sites (tertiary alicyclic amines) is 1. The highest BCUT2D eigenvalue weighted by Gasteiger charge is 2.23. The predicted molar refractivity (Wildman–Crippen MR) is 74.5 cm³/mol. The second-order valence-electron chi connectivity index (χ2n) is 5.45. The average Bonchev–Trinajstić information content (AvgIpc) is 2.90. The van der Waals surface area contributed by atoms with Crippen LogP contribution in [0.4, 0.5) is 0 Å². The smallest absolute Gasteiger partial charge is 0.117 e. The molecule has 2 rings (SSSR count). The average molecular weight is 250 g/mol. The minimum absolute atomic E-state index is 0.565. The maximum Gasteiger partial charge on any atom is 0.117 e. The summed E-state index contributed by atoms with van der Waals surface area (Å²) in [6, 6.07) is 4.55. The van der Waals surface area contributed by atoms with Crippen molar-refractivity contribution in [1.82, 2.24) is 10.2 Å². The normalized spacial score (nSPS) is 23.1. The van der Waals surface area contributed by atoms with Crippen molar-refractivity contribution in [2.75, 3.05) is 19.6 Å². The Labute approximate surface area is 111 Å². The molecule has 18 heavy (non-hydrogen) atoms. The summed E-state index contributed by atoms with van der Waals surface area (Å²) in [4.78, 5) is 2.61. The van der Waals surface area contributed by atoms with Gasteiger partial charge >= 0.3 is 0 Å². The first kappa shape index (κ1) is 13.6. The van der Waals surface area contributed by atoms with E-state index in [1.807, 2.05) is 12.1 Å². The molecule has 0 aromatic carbocycles. The van der Waals surface area contributed by atoms with Crippen molar-refractivity contribution in [3.63, 3.8) is 0 Å². The number of rotatable bonds is 6. The first-order valence-electron chi connectivity index (χ1n) is 7.27. The van der Waals surface area contributed by atoms with Crippen LogP contribution in [0, 0.1) is 5.92 Å². The monoisotopic (exact) mass is 250 g/mol. The van der Waals surface area contributed by atoms with Gasteiger partial charge in [-0.05, 0) is 57.3 Å². The molecule has 102 valence electrons. The van der Waals surface area contributed by atoms with Crippen LogP contribution in [0.15, 0.2) is 22.8 Å². The molecule has 1 aromatic heterocycles. The zero-order chi connectivity index (χ0) is 12.8. The molecular weight excluding hydrogens is 224 g/mol. The van der Waals surface area contributed by atoms with Crippen molar-refractivity contribution in [1.29, 1.82) is 0 Å². The van der Waals surface area contributed by atoms with E-state index in [1.165, 1.54) is 38.9 Å². The second-order valence-corrected chi connectivity index (χ2v) is 5.45. The molecular formula is C15H26N2O. The molecule has 0 saturated carbocycles. The van der Waals surface area contributed by atoms with Crippen molar-refractivity contribution in [3.05, 3.63) is 24.2 Å². The molecule has 0 spiro atoms. The van der Waals surface area contributed by atoms with Gasteiger partial charge in [-0.2, -0.15) is 0 Å². The number of hydrogen-bond acceptors (Lipinski definition) is 3. The molecule has 2 unspecified atom stereocenters. The molecule has 1 aromatic rings. The lowest BCUT2D eigenvalue weighted by Crippen LogP contribution is -2.44. The lowest BCUT2D eigenvalue weighted by Gasteiger charge is -2.36. The van der Waals surface area contributed by atoms with Gasteiger partial charge in [-0.15, -0.1) is 0 Å². The summed E-state index contributed by atoms with van der Waals surface area (Å²) in [5, 5.41) is 3.60. The highest BCUT2D eigenvalue weighted by molar-refractivity contribution is 4.98. The van der Waals surface area contributed by atoms with E-state index in [0.717, 1.165) is 18.2 Å². The summed E-state index contributed by atoms with van der Waals surface area (Å²) in [6.07, 6.45) is 5.70. The van der Waals surface area contributed by atoms with Crippen LogP contribution in [0.2, 0.25) is 0 Å².